The van der Waals surface area contributed by atoms with Crippen molar-refractivity contribution in [2.75, 3.05) is 7.11 Å². The molecule has 0 aliphatic rings. The van der Waals surface area contributed by atoms with Crippen LogP contribution in [0.4, 0.5) is 0 Å². The monoisotopic (exact) mass is 323 g/mol. The number of hydrogen-bond acceptors (Lipinski definition) is 5. The second-order valence-electron chi connectivity index (χ2n) is 5.18. The van der Waals surface area contributed by atoms with Crippen LogP contribution in [0.25, 0.3) is 5.69 Å². The summed E-state index contributed by atoms with van der Waals surface area (Å²) in [5, 5.41) is 14.3. The normalized spacial score (nSPS) is 10.4. The average molecular weight is 323 g/mol. The van der Waals surface area contributed by atoms with Crippen molar-refractivity contribution in [2.24, 2.45) is 0 Å². The first-order valence-corrected chi connectivity index (χ1v) is 7.44. The van der Waals surface area contributed by atoms with E-state index >= 15 is 0 Å². The van der Waals surface area contributed by atoms with E-state index in [0.29, 0.717) is 17.9 Å². The fourth-order valence-corrected chi connectivity index (χ4v) is 2.38. The first kappa shape index (κ1) is 15.7. The lowest BCUT2D eigenvalue weighted by atomic mass is 10.1. The lowest BCUT2D eigenvalue weighted by molar-refractivity contribution is 0.0950. The van der Waals surface area contributed by atoms with Crippen LogP contribution in [0.2, 0.25) is 0 Å². The second kappa shape index (κ2) is 6.91. The molecule has 0 atom stereocenters. The number of nitrogens with one attached hydrogen (secondary N) is 1. The summed E-state index contributed by atoms with van der Waals surface area (Å²) in [5.74, 6) is 1.23. The van der Waals surface area contributed by atoms with Crippen LogP contribution in [-0.2, 0) is 6.54 Å². The van der Waals surface area contributed by atoms with Crippen molar-refractivity contribution in [3.8, 4) is 11.4 Å². The number of carbonyl (C=O) groups excluding carboxylic acids is 1. The fourth-order valence-electron chi connectivity index (χ4n) is 2.38. The third-order valence-corrected chi connectivity index (χ3v) is 3.61. The molecule has 1 aromatic heterocycles. The molecule has 0 spiro atoms. The van der Waals surface area contributed by atoms with Gasteiger partial charge >= 0.3 is 0 Å². The number of amides is 1. The van der Waals surface area contributed by atoms with Gasteiger partial charge in [-0.15, -0.1) is 5.10 Å². The number of benzene rings is 2. The zero-order valence-electron chi connectivity index (χ0n) is 13.4. The first-order chi connectivity index (χ1) is 11.7. The molecule has 122 valence electrons. The predicted molar refractivity (Wildman–Crippen MR) is 88.1 cm³/mol. The summed E-state index contributed by atoms with van der Waals surface area (Å²) in [6.07, 6.45) is 0. The number of tetrazole rings is 1. The quantitative estimate of drug-likeness (QED) is 0.775. The Bertz CT molecular complexity index is 859. The summed E-state index contributed by atoms with van der Waals surface area (Å²) in [6, 6.07) is 14.7. The van der Waals surface area contributed by atoms with E-state index in [2.05, 4.69) is 20.8 Å². The Morgan fingerprint density at radius 2 is 2.04 bits per heavy atom. The van der Waals surface area contributed by atoms with Gasteiger partial charge in [0.1, 0.15) is 5.75 Å². The molecule has 0 radical (unpaired) electrons. The molecule has 2 aromatic carbocycles. The minimum Gasteiger partial charge on any atom is -0.496 e. The van der Waals surface area contributed by atoms with E-state index in [1.165, 1.54) is 0 Å². The Morgan fingerprint density at radius 1 is 1.21 bits per heavy atom. The van der Waals surface area contributed by atoms with Gasteiger partial charge in [0.05, 0.1) is 12.8 Å². The van der Waals surface area contributed by atoms with Gasteiger partial charge in [0, 0.05) is 17.7 Å². The van der Waals surface area contributed by atoms with Crippen molar-refractivity contribution in [3.05, 3.63) is 65.5 Å². The molecule has 0 aliphatic heterocycles. The van der Waals surface area contributed by atoms with Crippen molar-refractivity contribution in [1.29, 1.82) is 0 Å². The molecule has 24 heavy (non-hydrogen) atoms. The third-order valence-electron chi connectivity index (χ3n) is 3.61. The summed E-state index contributed by atoms with van der Waals surface area (Å²) in [5.41, 5.74) is 2.19. The highest BCUT2D eigenvalue weighted by molar-refractivity contribution is 5.94. The largest absolute Gasteiger partial charge is 0.496 e. The van der Waals surface area contributed by atoms with Crippen LogP contribution in [0.5, 0.6) is 5.75 Å². The molecule has 1 heterocycles. The third kappa shape index (κ3) is 3.24. The average Bonchev–Trinajstić information content (AvgIpc) is 3.06. The maximum absolute atomic E-state index is 12.4. The maximum Gasteiger partial charge on any atom is 0.251 e. The molecule has 0 saturated heterocycles. The van der Waals surface area contributed by atoms with E-state index in [1.807, 2.05) is 30.3 Å². The fraction of sp³-hybridized carbons (Fsp3) is 0.176. The number of carbonyl (C=O) groups is 1. The van der Waals surface area contributed by atoms with Crippen LogP contribution >= 0.6 is 0 Å². The van der Waals surface area contributed by atoms with Gasteiger partial charge in [0.25, 0.3) is 5.91 Å². The van der Waals surface area contributed by atoms with Gasteiger partial charge < -0.3 is 10.1 Å². The molecule has 7 nitrogen and oxygen atoms in total. The summed E-state index contributed by atoms with van der Waals surface area (Å²) in [6.45, 7) is 2.19. The van der Waals surface area contributed by atoms with E-state index in [9.17, 15) is 4.79 Å². The van der Waals surface area contributed by atoms with E-state index in [0.717, 1.165) is 17.0 Å². The van der Waals surface area contributed by atoms with Crippen LogP contribution in [0, 0.1) is 6.92 Å². The van der Waals surface area contributed by atoms with Gasteiger partial charge in [-0.1, -0.05) is 24.3 Å². The molecule has 1 amide bonds. The summed E-state index contributed by atoms with van der Waals surface area (Å²) in [4.78, 5) is 12.4. The van der Waals surface area contributed by atoms with Gasteiger partial charge in [-0.3, -0.25) is 4.79 Å². The first-order valence-electron chi connectivity index (χ1n) is 7.44. The highest BCUT2D eigenvalue weighted by Gasteiger charge is 2.10. The van der Waals surface area contributed by atoms with Crippen LogP contribution < -0.4 is 10.1 Å². The molecule has 3 rings (SSSR count). The molecule has 0 fully saturated rings. The predicted octanol–water partition coefficient (Wildman–Crippen LogP) is 1.91. The highest BCUT2D eigenvalue weighted by Crippen LogP contribution is 2.17. The van der Waals surface area contributed by atoms with Gasteiger partial charge in [0.15, 0.2) is 5.82 Å². The van der Waals surface area contributed by atoms with Crippen molar-refractivity contribution in [3.63, 3.8) is 0 Å². The van der Waals surface area contributed by atoms with Gasteiger partial charge in [-0.05, 0) is 41.6 Å². The Morgan fingerprint density at radius 3 is 2.79 bits per heavy atom. The van der Waals surface area contributed by atoms with Crippen molar-refractivity contribution < 1.29 is 9.53 Å². The van der Waals surface area contributed by atoms with E-state index < -0.39 is 0 Å². The lowest BCUT2D eigenvalue weighted by Gasteiger charge is -2.10. The maximum atomic E-state index is 12.4. The molecule has 1 N–H and O–H groups in total. The van der Waals surface area contributed by atoms with Crippen LogP contribution in [0.15, 0.2) is 48.5 Å². The number of aryl methyl sites for hydroxylation is 1. The van der Waals surface area contributed by atoms with Gasteiger partial charge in [-0.2, -0.15) is 4.68 Å². The Hall–Kier alpha value is -3.22. The molecule has 7 heteroatoms. The minimum atomic E-state index is -0.173. The SMILES string of the molecule is COc1ccccc1CNC(=O)c1cccc(-n2nnnc2C)c1. The number of ether oxygens (including phenoxy) is 1. The Labute approximate surface area is 139 Å². The van der Waals surface area contributed by atoms with Crippen molar-refractivity contribution in [2.45, 2.75) is 13.5 Å². The lowest BCUT2D eigenvalue weighted by Crippen LogP contribution is -2.23. The number of para-hydroxylation sites is 1. The summed E-state index contributed by atoms with van der Waals surface area (Å²) >= 11 is 0. The smallest absolute Gasteiger partial charge is 0.251 e. The van der Waals surface area contributed by atoms with Gasteiger partial charge in [-0.25, -0.2) is 0 Å². The molecule has 0 unspecified atom stereocenters. The Balaban J connectivity index is 1.75. The van der Waals surface area contributed by atoms with Gasteiger partial charge in [0.2, 0.25) is 0 Å². The molecule has 0 saturated carbocycles. The minimum absolute atomic E-state index is 0.173. The van der Waals surface area contributed by atoms with Crippen molar-refractivity contribution >= 4 is 5.91 Å². The molecular weight excluding hydrogens is 306 g/mol. The molecule has 0 aliphatic carbocycles. The van der Waals surface area contributed by atoms with E-state index in [-0.39, 0.29) is 5.91 Å². The zero-order valence-corrected chi connectivity index (χ0v) is 13.4. The molecular formula is C17H17N5O2. The summed E-state index contributed by atoms with van der Waals surface area (Å²) in [7, 11) is 1.61. The van der Waals surface area contributed by atoms with Crippen LogP contribution in [-0.4, -0.2) is 33.2 Å². The van der Waals surface area contributed by atoms with E-state index in [4.69, 9.17) is 4.74 Å². The number of methoxy groups -OCH3 is 1. The molecule has 0 bridgehead atoms. The summed E-state index contributed by atoms with van der Waals surface area (Å²) < 4.78 is 6.87. The number of aromatic nitrogens is 4. The van der Waals surface area contributed by atoms with Crippen molar-refractivity contribution in [1.82, 2.24) is 25.5 Å². The number of hydrogen-bond donors (Lipinski definition) is 1. The van der Waals surface area contributed by atoms with Crippen LogP contribution in [0.1, 0.15) is 21.7 Å². The van der Waals surface area contributed by atoms with E-state index in [1.54, 1.807) is 36.9 Å². The Kier molecular flexibility index (Phi) is 4.51. The van der Waals surface area contributed by atoms with Crippen LogP contribution in [0.3, 0.4) is 0 Å². The number of rotatable bonds is 5. The zero-order chi connectivity index (χ0) is 16.9. The standard InChI is InChI=1S/C17H17N5O2/c1-12-19-20-21-22(12)15-8-5-7-13(10-15)17(23)18-11-14-6-3-4-9-16(14)24-2/h3-10H,11H2,1-2H3,(H,18,23). The topological polar surface area (TPSA) is 81.9 Å². The molecule has 3 aromatic rings. The highest BCUT2D eigenvalue weighted by atomic mass is 16.5. The number of nitrogens with zero attached hydrogens (tertiary/aromatic N) is 4. The second-order valence-corrected chi connectivity index (χ2v) is 5.18.